The number of rotatable bonds is 10. The van der Waals surface area contributed by atoms with Crippen molar-refractivity contribution >= 4 is 34.7 Å². The molecule has 0 aliphatic carbocycles. The first-order valence-corrected chi connectivity index (χ1v) is 16.0. The summed E-state index contributed by atoms with van der Waals surface area (Å²) < 4.78 is 11.3. The normalized spacial score (nSPS) is 16.4. The summed E-state index contributed by atoms with van der Waals surface area (Å²) in [6, 6.07) is 9.15. The third-order valence-corrected chi connectivity index (χ3v) is 8.38. The fourth-order valence-corrected chi connectivity index (χ4v) is 5.83. The smallest absolute Gasteiger partial charge is 0.409 e. The van der Waals surface area contributed by atoms with Crippen LogP contribution in [0.3, 0.4) is 0 Å². The van der Waals surface area contributed by atoms with Gasteiger partial charge in [0.05, 0.1) is 24.7 Å². The first-order valence-electron chi connectivity index (χ1n) is 16.0. The number of carbonyl (C=O) groups is 4. The molecule has 0 unspecified atom stereocenters. The van der Waals surface area contributed by atoms with E-state index < -0.39 is 5.91 Å². The molecule has 1 atom stereocenters. The molecule has 0 spiro atoms. The number of amides is 4. The molecular weight excluding hydrogens is 588 g/mol. The van der Waals surface area contributed by atoms with Gasteiger partial charge in [0.15, 0.2) is 6.61 Å². The van der Waals surface area contributed by atoms with Crippen molar-refractivity contribution in [3.05, 3.63) is 65.1 Å². The van der Waals surface area contributed by atoms with E-state index in [0.29, 0.717) is 56.0 Å². The summed E-state index contributed by atoms with van der Waals surface area (Å²) in [4.78, 5) is 65.5. The van der Waals surface area contributed by atoms with Crippen LogP contribution in [0, 0.1) is 13.8 Å². The van der Waals surface area contributed by atoms with Gasteiger partial charge in [0.25, 0.3) is 11.8 Å². The van der Waals surface area contributed by atoms with Crippen LogP contribution in [0.5, 0.6) is 5.75 Å². The second-order valence-corrected chi connectivity index (χ2v) is 11.9. The predicted molar refractivity (Wildman–Crippen MR) is 171 cm³/mol. The number of benzene rings is 1. The zero-order valence-electron chi connectivity index (χ0n) is 26.8. The summed E-state index contributed by atoms with van der Waals surface area (Å²) in [6.45, 7) is 8.00. The van der Waals surface area contributed by atoms with E-state index in [9.17, 15) is 19.2 Å². The van der Waals surface area contributed by atoms with Crippen molar-refractivity contribution < 1.29 is 28.7 Å². The second-order valence-electron chi connectivity index (χ2n) is 11.9. The maximum Gasteiger partial charge on any atom is 0.409 e. The summed E-state index contributed by atoms with van der Waals surface area (Å²) in [5, 5.41) is 3.35. The second kappa shape index (κ2) is 15.0. The maximum atomic E-state index is 13.4. The molecule has 2 saturated heterocycles. The molecule has 12 nitrogen and oxygen atoms in total. The zero-order chi connectivity index (χ0) is 32.6. The van der Waals surface area contributed by atoms with Crippen molar-refractivity contribution in [2.45, 2.75) is 52.5 Å². The van der Waals surface area contributed by atoms with E-state index in [-0.39, 0.29) is 42.8 Å². The Balaban J connectivity index is 1.20. The number of ether oxygens (including phenoxy) is 2. The number of unbranched alkanes of at least 4 members (excludes halogenated alkanes) is 1. The molecule has 46 heavy (non-hydrogen) atoms. The Bertz CT molecular complexity index is 1590. The third kappa shape index (κ3) is 7.91. The number of fused-ring (bicyclic) bond motifs is 1. The lowest BCUT2D eigenvalue weighted by molar-refractivity contribution is -0.134. The molecular formula is C34H42N6O6. The van der Waals surface area contributed by atoms with Crippen LogP contribution < -0.4 is 10.1 Å². The molecule has 2 aromatic heterocycles. The average Bonchev–Trinajstić information content (AvgIpc) is 3.56. The Morgan fingerprint density at radius 2 is 1.72 bits per heavy atom. The van der Waals surface area contributed by atoms with E-state index in [0.717, 1.165) is 42.4 Å². The molecule has 244 valence electrons. The van der Waals surface area contributed by atoms with E-state index in [4.69, 9.17) is 9.47 Å². The minimum atomic E-state index is -0.530. The summed E-state index contributed by atoms with van der Waals surface area (Å²) >= 11 is 0. The molecule has 2 fully saturated rings. The van der Waals surface area contributed by atoms with Crippen molar-refractivity contribution in [1.82, 2.24) is 30.0 Å². The van der Waals surface area contributed by atoms with Gasteiger partial charge >= 0.3 is 6.09 Å². The van der Waals surface area contributed by atoms with Gasteiger partial charge in [-0.25, -0.2) is 9.78 Å². The van der Waals surface area contributed by atoms with Gasteiger partial charge in [-0.1, -0.05) is 25.5 Å². The first-order chi connectivity index (χ1) is 22.2. The summed E-state index contributed by atoms with van der Waals surface area (Å²) in [6.07, 6.45) is 6.75. The van der Waals surface area contributed by atoms with Crippen LogP contribution >= 0.6 is 0 Å². The largest absolute Gasteiger partial charge is 0.483 e. The molecule has 0 radical (unpaired) electrons. The lowest BCUT2D eigenvalue weighted by Crippen LogP contribution is -2.52. The van der Waals surface area contributed by atoms with Crippen LogP contribution in [0.2, 0.25) is 0 Å². The van der Waals surface area contributed by atoms with Gasteiger partial charge in [-0.05, 0) is 61.9 Å². The van der Waals surface area contributed by atoms with E-state index >= 15 is 0 Å². The van der Waals surface area contributed by atoms with Crippen LogP contribution in [-0.2, 0) is 14.3 Å². The van der Waals surface area contributed by atoms with E-state index in [1.807, 2.05) is 50.1 Å². The zero-order valence-corrected chi connectivity index (χ0v) is 26.8. The number of hydrogen-bond acceptors (Lipinski definition) is 8. The molecule has 3 aromatic rings. The lowest BCUT2D eigenvalue weighted by Gasteiger charge is -2.34. The Morgan fingerprint density at radius 1 is 0.935 bits per heavy atom. The number of aryl methyl sites for hydroxylation is 2. The van der Waals surface area contributed by atoms with Crippen LogP contribution in [0.15, 0.2) is 42.7 Å². The first kappa shape index (κ1) is 32.6. The van der Waals surface area contributed by atoms with Gasteiger partial charge in [-0.3, -0.25) is 19.4 Å². The SMILES string of the molecule is CCCCOC(=O)N1CCN(C(=O)CNC(=O)c2cc(OCC(=O)N3CCC[C@H]3c3cncc(C)c3)c3ccc(C)cc3n2)CC1. The molecule has 2 aliphatic heterocycles. The van der Waals surface area contributed by atoms with Gasteiger partial charge in [0, 0.05) is 56.6 Å². The van der Waals surface area contributed by atoms with Crippen molar-refractivity contribution in [3.8, 4) is 5.75 Å². The van der Waals surface area contributed by atoms with Crippen molar-refractivity contribution in [1.29, 1.82) is 0 Å². The van der Waals surface area contributed by atoms with Crippen LogP contribution in [0.25, 0.3) is 10.9 Å². The lowest BCUT2D eigenvalue weighted by atomic mass is 10.1. The van der Waals surface area contributed by atoms with Gasteiger partial charge < -0.3 is 29.5 Å². The Labute approximate surface area is 269 Å². The molecule has 5 rings (SSSR count). The molecule has 4 amide bonds. The number of aromatic nitrogens is 2. The number of nitrogens with zero attached hydrogens (tertiary/aromatic N) is 5. The van der Waals surface area contributed by atoms with Gasteiger partial charge in [-0.15, -0.1) is 0 Å². The quantitative estimate of drug-likeness (QED) is 0.335. The van der Waals surface area contributed by atoms with Crippen LogP contribution in [-0.4, -0.2) is 101 Å². The highest BCUT2D eigenvalue weighted by Crippen LogP contribution is 2.32. The highest BCUT2D eigenvalue weighted by atomic mass is 16.6. The highest BCUT2D eigenvalue weighted by molar-refractivity contribution is 5.98. The maximum absolute atomic E-state index is 13.4. The van der Waals surface area contributed by atoms with Gasteiger partial charge in [0.2, 0.25) is 5.91 Å². The summed E-state index contributed by atoms with van der Waals surface area (Å²) in [5.74, 6) is -0.565. The molecule has 0 saturated carbocycles. The van der Waals surface area contributed by atoms with E-state index in [1.165, 1.54) is 6.07 Å². The fourth-order valence-electron chi connectivity index (χ4n) is 5.83. The van der Waals surface area contributed by atoms with Crippen molar-refractivity contribution in [3.63, 3.8) is 0 Å². The van der Waals surface area contributed by atoms with Crippen molar-refractivity contribution in [2.75, 3.05) is 52.5 Å². The van der Waals surface area contributed by atoms with E-state index in [2.05, 4.69) is 21.4 Å². The summed E-state index contributed by atoms with van der Waals surface area (Å²) in [7, 11) is 0. The standard InChI is InChI=1S/C34H42N6O6/c1-4-5-15-45-34(44)39-13-11-38(12-14-39)31(41)21-36-33(43)28-18-30(26-9-8-23(2)17-27(26)37-28)46-22-32(42)40-10-6-7-29(40)25-16-24(3)19-35-20-25/h8-9,16-20,29H,4-7,10-15,21-22H2,1-3H3,(H,36,43)/t29-/m0/s1. The predicted octanol–water partition coefficient (Wildman–Crippen LogP) is 3.80. The molecule has 1 N–H and O–H groups in total. The van der Waals surface area contributed by atoms with Crippen LogP contribution in [0.4, 0.5) is 4.79 Å². The molecule has 0 bridgehead atoms. The number of nitrogens with one attached hydrogen (secondary N) is 1. The van der Waals surface area contributed by atoms with Crippen molar-refractivity contribution in [2.24, 2.45) is 0 Å². The number of carbonyl (C=O) groups excluding carboxylic acids is 4. The number of pyridine rings is 2. The number of piperazine rings is 1. The molecule has 12 heteroatoms. The Hall–Kier alpha value is -4.74. The Kier molecular flexibility index (Phi) is 10.7. The minimum absolute atomic E-state index is 0.0539. The number of likely N-dealkylation sites (tertiary alicyclic amines) is 1. The van der Waals surface area contributed by atoms with Gasteiger partial charge in [0.1, 0.15) is 11.4 Å². The molecule has 2 aliphatic rings. The average molecular weight is 631 g/mol. The van der Waals surface area contributed by atoms with Crippen LogP contribution in [0.1, 0.15) is 65.8 Å². The number of hydrogen-bond donors (Lipinski definition) is 1. The van der Waals surface area contributed by atoms with Gasteiger partial charge in [-0.2, -0.15) is 0 Å². The monoisotopic (exact) mass is 630 g/mol. The Morgan fingerprint density at radius 3 is 2.48 bits per heavy atom. The summed E-state index contributed by atoms with van der Waals surface area (Å²) in [5.41, 5.74) is 3.64. The fraction of sp³-hybridized carbons (Fsp3) is 0.471. The molecule has 4 heterocycles. The third-order valence-electron chi connectivity index (χ3n) is 8.38. The highest BCUT2D eigenvalue weighted by Gasteiger charge is 2.31. The minimum Gasteiger partial charge on any atom is -0.483 e. The molecule has 1 aromatic carbocycles. The topological polar surface area (TPSA) is 134 Å². The van der Waals surface area contributed by atoms with E-state index in [1.54, 1.807) is 16.0 Å².